The highest BCUT2D eigenvalue weighted by molar-refractivity contribution is 6.31. The summed E-state index contributed by atoms with van der Waals surface area (Å²) >= 11 is 6.19. The Kier molecular flexibility index (Phi) is 8.71. The molecule has 152 valence electrons. The molecule has 1 saturated carbocycles. The number of fused-ring (bicyclic) bond motifs is 1. The van der Waals surface area contributed by atoms with Crippen LogP contribution in [0.4, 0.5) is 5.69 Å². The summed E-state index contributed by atoms with van der Waals surface area (Å²) in [6.45, 7) is 8.32. The minimum absolute atomic E-state index is 0.102. The number of imidazole rings is 1. The lowest BCUT2D eigenvalue weighted by atomic mass is 10.1. The molecule has 2 heterocycles. The Labute approximate surface area is 171 Å². The lowest BCUT2D eigenvalue weighted by Crippen LogP contribution is -2.15. The first-order valence-corrected chi connectivity index (χ1v) is 9.62. The van der Waals surface area contributed by atoms with Gasteiger partial charge in [0.25, 0.3) is 0 Å². The van der Waals surface area contributed by atoms with Gasteiger partial charge in [-0.05, 0) is 40.0 Å². The van der Waals surface area contributed by atoms with Crippen molar-refractivity contribution in [1.82, 2.24) is 14.5 Å². The maximum Gasteiger partial charge on any atom is 0.164 e. The first-order valence-electron chi connectivity index (χ1n) is 9.24. The first-order chi connectivity index (χ1) is 13.2. The summed E-state index contributed by atoms with van der Waals surface area (Å²) in [5.41, 5.74) is 8.40. The SMILES string of the molecule is CC.CC#Cc1c(Cl)nc2c(ncn2C2CCC(C#N)C2)c1N.CC(C)(O)O. The Balaban J connectivity index is 0.000000490. The highest BCUT2D eigenvalue weighted by atomic mass is 35.5. The van der Waals surface area contributed by atoms with Crippen LogP contribution in [0.15, 0.2) is 6.33 Å². The van der Waals surface area contributed by atoms with Crippen LogP contribution in [0.25, 0.3) is 11.2 Å². The van der Waals surface area contributed by atoms with Crippen LogP contribution in [0.1, 0.15) is 65.5 Å². The normalized spacial score (nSPS) is 18.1. The average Bonchev–Trinajstić information content (AvgIpc) is 3.25. The van der Waals surface area contributed by atoms with Gasteiger partial charge in [-0.1, -0.05) is 31.4 Å². The molecular weight excluding hydrogens is 378 g/mol. The summed E-state index contributed by atoms with van der Waals surface area (Å²) in [6, 6.07) is 2.56. The first kappa shape index (κ1) is 23.7. The molecule has 28 heavy (non-hydrogen) atoms. The number of aliphatic hydroxyl groups is 2. The van der Waals surface area contributed by atoms with Crippen molar-refractivity contribution in [2.24, 2.45) is 5.92 Å². The highest BCUT2D eigenvalue weighted by Gasteiger charge is 2.28. The monoisotopic (exact) mass is 405 g/mol. The largest absolute Gasteiger partial charge is 0.396 e. The molecule has 1 aliphatic carbocycles. The van der Waals surface area contributed by atoms with Crippen LogP contribution < -0.4 is 5.73 Å². The summed E-state index contributed by atoms with van der Waals surface area (Å²) in [6.07, 6.45) is 4.40. The Morgan fingerprint density at radius 1 is 1.32 bits per heavy atom. The van der Waals surface area contributed by atoms with Crippen LogP contribution in [0, 0.1) is 29.1 Å². The number of nitrogens with zero attached hydrogens (tertiary/aromatic N) is 4. The number of anilines is 1. The van der Waals surface area contributed by atoms with E-state index in [2.05, 4.69) is 27.9 Å². The van der Waals surface area contributed by atoms with Crippen LogP contribution in [-0.2, 0) is 0 Å². The van der Waals surface area contributed by atoms with Gasteiger partial charge in [0.05, 0.1) is 23.6 Å². The molecule has 0 bridgehead atoms. The number of nitriles is 1. The van der Waals surface area contributed by atoms with E-state index in [1.807, 2.05) is 18.4 Å². The lowest BCUT2D eigenvalue weighted by Gasteiger charge is -2.12. The van der Waals surface area contributed by atoms with Crippen LogP contribution in [0.2, 0.25) is 5.15 Å². The van der Waals surface area contributed by atoms with E-state index in [0.717, 1.165) is 19.3 Å². The van der Waals surface area contributed by atoms with E-state index in [1.54, 1.807) is 13.3 Å². The van der Waals surface area contributed by atoms with Crippen LogP contribution in [0.5, 0.6) is 0 Å². The van der Waals surface area contributed by atoms with Crippen molar-refractivity contribution in [3.05, 3.63) is 17.0 Å². The van der Waals surface area contributed by atoms with E-state index in [4.69, 9.17) is 32.8 Å². The standard InChI is InChI=1S/C15H14ClN5.C3H8O2.C2H6/c1-2-3-11-12(18)13-15(20-14(11)16)21(8-19-13)10-5-4-9(6-10)7-17;1-3(2,4)5;1-2/h8-10H,4-6H2,1H3,(H2,18,20);4-5H,1-2H3;1-2H3. The second-order valence-electron chi connectivity index (χ2n) is 6.68. The number of hydrogen-bond donors (Lipinski definition) is 3. The molecule has 0 saturated heterocycles. The van der Waals surface area contributed by atoms with E-state index in [1.165, 1.54) is 13.8 Å². The molecule has 0 aliphatic heterocycles. The molecule has 1 fully saturated rings. The fourth-order valence-corrected chi connectivity index (χ4v) is 3.10. The van der Waals surface area contributed by atoms with Gasteiger partial charge in [-0.15, -0.1) is 5.92 Å². The zero-order valence-corrected chi connectivity index (χ0v) is 17.7. The molecule has 7 nitrogen and oxygen atoms in total. The predicted molar refractivity (Wildman–Crippen MR) is 111 cm³/mol. The third-order valence-corrected chi connectivity index (χ3v) is 4.21. The van der Waals surface area contributed by atoms with Gasteiger partial charge >= 0.3 is 0 Å². The Morgan fingerprint density at radius 3 is 2.43 bits per heavy atom. The molecule has 2 aromatic heterocycles. The van der Waals surface area contributed by atoms with Crippen molar-refractivity contribution in [2.75, 3.05) is 5.73 Å². The summed E-state index contributed by atoms with van der Waals surface area (Å²) < 4.78 is 1.98. The Bertz CT molecular complexity index is 894. The second-order valence-corrected chi connectivity index (χ2v) is 7.04. The van der Waals surface area contributed by atoms with Gasteiger partial charge in [0.15, 0.2) is 11.4 Å². The topological polar surface area (TPSA) is 121 Å². The average molecular weight is 406 g/mol. The number of nitrogens with two attached hydrogens (primary N) is 1. The van der Waals surface area contributed by atoms with Crippen molar-refractivity contribution in [3.63, 3.8) is 0 Å². The molecule has 2 atom stereocenters. The summed E-state index contributed by atoms with van der Waals surface area (Å²) in [4.78, 5) is 8.77. The quantitative estimate of drug-likeness (QED) is 0.378. The minimum atomic E-state index is -1.50. The number of aromatic nitrogens is 3. The van der Waals surface area contributed by atoms with Crippen molar-refractivity contribution in [1.29, 1.82) is 5.26 Å². The second kappa shape index (κ2) is 10.3. The van der Waals surface area contributed by atoms with Crippen LogP contribution in [0.3, 0.4) is 0 Å². The van der Waals surface area contributed by atoms with Gasteiger partial charge in [0, 0.05) is 12.0 Å². The van der Waals surface area contributed by atoms with Gasteiger partial charge in [0.2, 0.25) is 0 Å². The molecule has 0 aromatic carbocycles. The van der Waals surface area contributed by atoms with E-state index >= 15 is 0 Å². The number of nitrogen functional groups attached to an aromatic ring is 1. The van der Waals surface area contributed by atoms with Crippen molar-refractivity contribution in [2.45, 2.75) is 65.7 Å². The van der Waals surface area contributed by atoms with Gasteiger partial charge < -0.3 is 20.5 Å². The zero-order chi connectivity index (χ0) is 21.5. The van der Waals surface area contributed by atoms with E-state index in [9.17, 15) is 0 Å². The lowest BCUT2D eigenvalue weighted by molar-refractivity contribution is -0.127. The van der Waals surface area contributed by atoms with Crippen LogP contribution in [-0.4, -0.2) is 30.5 Å². The van der Waals surface area contributed by atoms with Gasteiger partial charge in [-0.25, -0.2) is 9.97 Å². The Hall–Kier alpha value is -2.32. The maximum absolute atomic E-state index is 9.03. The number of pyridine rings is 1. The molecule has 0 radical (unpaired) electrons. The third-order valence-electron chi connectivity index (χ3n) is 3.93. The van der Waals surface area contributed by atoms with Crippen molar-refractivity contribution >= 4 is 28.5 Å². The van der Waals surface area contributed by atoms with Gasteiger partial charge in [-0.3, -0.25) is 0 Å². The molecule has 1 aliphatic rings. The molecule has 0 spiro atoms. The molecule has 4 N–H and O–H groups in total. The predicted octanol–water partition coefficient (Wildman–Crippen LogP) is 3.64. The smallest absolute Gasteiger partial charge is 0.164 e. The fraction of sp³-hybridized carbons (Fsp3) is 0.550. The minimum Gasteiger partial charge on any atom is -0.396 e. The fourth-order valence-electron chi connectivity index (χ4n) is 2.87. The number of halogens is 1. The number of rotatable bonds is 1. The van der Waals surface area contributed by atoms with Gasteiger partial charge in [-0.2, -0.15) is 5.26 Å². The zero-order valence-electron chi connectivity index (χ0n) is 17.0. The molecule has 2 aromatic rings. The molecule has 3 rings (SSSR count). The Morgan fingerprint density at radius 2 is 1.93 bits per heavy atom. The summed E-state index contributed by atoms with van der Waals surface area (Å²) in [5, 5.41) is 25.5. The van der Waals surface area contributed by atoms with Gasteiger partial charge in [0.1, 0.15) is 10.7 Å². The molecule has 0 amide bonds. The van der Waals surface area contributed by atoms with Crippen LogP contribution >= 0.6 is 11.6 Å². The maximum atomic E-state index is 9.03. The molecule has 2 unspecified atom stereocenters. The van der Waals surface area contributed by atoms with E-state index < -0.39 is 5.79 Å². The van der Waals surface area contributed by atoms with Crippen molar-refractivity contribution in [3.8, 4) is 17.9 Å². The molecular formula is C20H28ClN5O2. The third kappa shape index (κ3) is 6.10. The molecule has 8 heteroatoms. The summed E-state index contributed by atoms with van der Waals surface area (Å²) in [5.74, 6) is 4.25. The van der Waals surface area contributed by atoms with E-state index in [0.29, 0.717) is 27.6 Å². The summed E-state index contributed by atoms with van der Waals surface area (Å²) in [7, 11) is 0. The number of hydrogen-bond acceptors (Lipinski definition) is 6. The van der Waals surface area contributed by atoms with Crippen molar-refractivity contribution < 1.29 is 10.2 Å². The van der Waals surface area contributed by atoms with E-state index in [-0.39, 0.29) is 12.0 Å². The highest BCUT2D eigenvalue weighted by Crippen LogP contribution is 2.37.